The van der Waals surface area contributed by atoms with Gasteiger partial charge in [0, 0.05) is 43.8 Å². The first-order valence-electron chi connectivity index (χ1n) is 6.72. The summed E-state index contributed by atoms with van der Waals surface area (Å²) in [6, 6.07) is 4.54. The molecule has 1 aromatic rings. The summed E-state index contributed by atoms with van der Waals surface area (Å²) in [6.07, 6.45) is -5.96. The molecule has 1 fully saturated rings. The number of carbonyl (C=O) groups excluding carboxylic acids is 1. The summed E-state index contributed by atoms with van der Waals surface area (Å²) in [7, 11) is 0. The number of rotatable bonds is 2. The van der Waals surface area contributed by atoms with Crippen molar-refractivity contribution in [3.05, 3.63) is 34.4 Å². The Balaban J connectivity index is 1.98. The fraction of sp³-hybridized carbons (Fsp3) is 0.462. The average molecular weight is 333 g/mol. The highest BCUT2D eigenvalue weighted by molar-refractivity contribution is 5.89. The standard InChI is InChI=1S/C13H14F3N3O4/c14-13(15,16)12(21)4-6-18(7-5-12)11(20)17-9-2-1-3-10(8-9)19(22)23/h1-3,8,21H,4-7H2,(H,17,20). The zero-order chi connectivity index (χ0) is 17.3. The van der Waals surface area contributed by atoms with E-state index < -0.39 is 35.6 Å². The van der Waals surface area contributed by atoms with Crippen LogP contribution in [0.25, 0.3) is 0 Å². The Morgan fingerprint density at radius 1 is 1.35 bits per heavy atom. The lowest BCUT2D eigenvalue weighted by Crippen LogP contribution is -2.55. The van der Waals surface area contributed by atoms with Crippen molar-refractivity contribution in [3.63, 3.8) is 0 Å². The predicted molar refractivity (Wildman–Crippen MR) is 73.9 cm³/mol. The van der Waals surface area contributed by atoms with Crippen molar-refractivity contribution in [2.45, 2.75) is 24.6 Å². The van der Waals surface area contributed by atoms with E-state index in [1.807, 2.05) is 0 Å². The minimum absolute atomic E-state index is 0.167. The monoisotopic (exact) mass is 333 g/mol. The van der Waals surface area contributed by atoms with Crippen LogP contribution < -0.4 is 5.32 Å². The van der Waals surface area contributed by atoms with Gasteiger partial charge in [0.05, 0.1) is 4.92 Å². The first-order valence-corrected chi connectivity index (χ1v) is 6.72. The van der Waals surface area contributed by atoms with Gasteiger partial charge in [-0.1, -0.05) is 6.07 Å². The maximum absolute atomic E-state index is 12.7. The van der Waals surface area contributed by atoms with Crippen LogP contribution in [-0.4, -0.2) is 45.8 Å². The molecule has 1 heterocycles. The number of likely N-dealkylation sites (tertiary alicyclic amines) is 1. The number of alkyl halides is 3. The van der Waals surface area contributed by atoms with Gasteiger partial charge in [-0.05, 0) is 6.07 Å². The lowest BCUT2D eigenvalue weighted by Gasteiger charge is -2.38. The third-order valence-corrected chi connectivity index (χ3v) is 3.71. The molecule has 7 nitrogen and oxygen atoms in total. The molecule has 0 spiro atoms. The first kappa shape index (κ1) is 17.0. The number of amides is 2. The minimum atomic E-state index is -4.74. The summed E-state index contributed by atoms with van der Waals surface area (Å²) in [5.41, 5.74) is -2.83. The van der Waals surface area contributed by atoms with E-state index in [2.05, 4.69) is 5.32 Å². The molecule has 0 radical (unpaired) electrons. The topological polar surface area (TPSA) is 95.7 Å². The number of non-ortho nitro benzene ring substituents is 1. The number of nitro groups is 1. The summed E-state index contributed by atoms with van der Waals surface area (Å²) in [5, 5.41) is 22.6. The van der Waals surface area contributed by atoms with Crippen LogP contribution in [0.4, 0.5) is 29.3 Å². The molecule has 1 aromatic carbocycles. The summed E-state index contributed by atoms with van der Waals surface area (Å²) in [6.45, 7) is -0.534. The van der Waals surface area contributed by atoms with Crippen molar-refractivity contribution in [3.8, 4) is 0 Å². The quantitative estimate of drug-likeness (QED) is 0.642. The number of aliphatic hydroxyl groups is 1. The predicted octanol–water partition coefficient (Wildman–Crippen LogP) is 2.52. The van der Waals surface area contributed by atoms with Gasteiger partial charge in [0.1, 0.15) is 0 Å². The van der Waals surface area contributed by atoms with Crippen LogP contribution >= 0.6 is 0 Å². The van der Waals surface area contributed by atoms with E-state index in [-0.39, 0.29) is 24.5 Å². The second-order valence-electron chi connectivity index (χ2n) is 5.25. The van der Waals surface area contributed by atoms with Gasteiger partial charge >= 0.3 is 12.2 Å². The molecule has 0 unspecified atom stereocenters. The molecular formula is C13H14F3N3O4. The van der Waals surface area contributed by atoms with E-state index in [9.17, 15) is 33.2 Å². The number of nitrogens with one attached hydrogen (secondary N) is 1. The highest BCUT2D eigenvalue weighted by Crippen LogP contribution is 2.38. The fourth-order valence-corrected chi connectivity index (χ4v) is 2.26. The molecular weight excluding hydrogens is 319 g/mol. The van der Waals surface area contributed by atoms with Crippen LogP contribution in [-0.2, 0) is 0 Å². The summed E-state index contributed by atoms with van der Waals surface area (Å²) >= 11 is 0. The van der Waals surface area contributed by atoms with E-state index in [0.29, 0.717) is 0 Å². The zero-order valence-corrected chi connectivity index (χ0v) is 11.8. The Morgan fingerprint density at radius 2 is 1.96 bits per heavy atom. The van der Waals surface area contributed by atoms with Crippen LogP contribution in [0.5, 0.6) is 0 Å². The van der Waals surface area contributed by atoms with Crippen molar-refractivity contribution in [2.75, 3.05) is 18.4 Å². The fourth-order valence-electron chi connectivity index (χ4n) is 2.26. The zero-order valence-electron chi connectivity index (χ0n) is 11.8. The number of urea groups is 1. The van der Waals surface area contributed by atoms with Crippen molar-refractivity contribution < 1.29 is 28.0 Å². The van der Waals surface area contributed by atoms with Crippen LogP contribution in [0, 0.1) is 10.1 Å². The lowest BCUT2D eigenvalue weighted by molar-refractivity contribution is -0.384. The van der Waals surface area contributed by atoms with E-state index in [1.165, 1.54) is 18.2 Å². The Morgan fingerprint density at radius 3 is 2.48 bits per heavy atom. The van der Waals surface area contributed by atoms with E-state index in [4.69, 9.17) is 0 Å². The van der Waals surface area contributed by atoms with Gasteiger partial charge < -0.3 is 15.3 Å². The van der Waals surface area contributed by atoms with Crippen molar-refractivity contribution in [1.29, 1.82) is 0 Å². The minimum Gasteiger partial charge on any atom is -0.380 e. The highest BCUT2D eigenvalue weighted by atomic mass is 19.4. The second kappa shape index (κ2) is 6.03. The van der Waals surface area contributed by atoms with E-state index >= 15 is 0 Å². The number of hydrogen-bond acceptors (Lipinski definition) is 4. The number of hydrogen-bond donors (Lipinski definition) is 2. The third kappa shape index (κ3) is 3.70. The molecule has 0 saturated carbocycles. The molecule has 2 N–H and O–H groups in total. The smallest absolute Gasteiger partial charge is 0.380 e. The van der Waals surface area contributed by atoms with Crippen LogP contribution in [0.2, 0.25) is 0 Å². The summed E-state index contributed by atoms with van der Waals surface area (Å²) < 4.78 is 38.1. The molecule has 2 rings (SSSR count). The van der Waals surface area contributed by atoms with Gasteiger partial charge in [-0.3, -0.25) is 10.1 Å². The molecule has 1 saturated heterocycles. The molecule has 1 aliphatic heterocycles. The average Bonchev–Trinajstić information content (AvgIpc) is 2.47. The van der Waals surface area contributed by atoms with Crippen LogP contribution in [0.3, 0.4) is 0 Å². The summed E-state index contributed by atoms with van der Waals surface area (Å²) in [4.78, 5) is 23.1. The summed E-state index contributed by atoms with van der Waals surface area (Å²) in [5.74, 6) is 0. The van der Waals surface area contributed by atoms with E-state index in [0.717, 1.165) is 11.0 Å². The van der Waals surface area contributed by atoms with Gasteiger partial charge in [-0.15, -0.1) is 0 Å². The molecule has 10 heteroatoms. The number of anilines is 1. The molecule has 1 aliphatic rings. The molecule has 0 bridgehead atoms. The second-order valence-corrected chi connectivity index (χ2v) is 5.25. The number of halogens is 3. The highest BCUT2D eigenvalue weighted by Gasteiger charge is 2.54. The Bertz CT molecular complexity index is 613. The van der Waals surface area contributed by atoms with Crippen molar-refractivity contribution in [2.24, 2.45) is 0 Å². The Kier molecular flexibility index (Phi) is 4.46. The molecule has 2 amide bonds. The molecule has 0 aliphatic carbocycles. The maximum atomic E-state index is 12.7. The molecule has 126 valence electrons. The van der Waals surface area contributed by atoms with Crippen molar-refractivity contribution >= 4 is 17.4 Å². The van der Waals surface area contributed by atoms with Gasteiger partial charge in [0.25, 0.3) is 5.69 Å². The third-order valence-electron chi connectivity index (χ3n) is 3.71. The SMILES string of the molecule is O=C(Nc1cccc([N+](=O)[O-])c1)N1CCC(O)(C(F)(F)F)CC1. The Hall–Kier alpha value is -2.36. The van der Waals surface area contributed by atoms with Crippen LogP contribution in [0.1, 0.15) is 12.8 Å². The maximum Gasteiger partial charge on any atom is 0.417 e. The molecule has 0 aromatic heterocycles. The van der Waals surface area contributed by atoms with Gasteiger partial charge in [-0.2, -0.15) is 13.2 Å². The normalized spacial score (nSPS) is 17.7. The number of piperidine rings is 1. The number of nitro benzene ring substituents is 1. The molecule has 0 atom stereocenters. The number of carbonyl (C=O) groups is 1. The van der Waals surface area contributed by atoms with Gasteiger partial charge in [0.2, 0.25) is 0 Å². The first-order chi connectivity index (χ1) is 10.6. The number of nitrogens with zero attached hydrogens (tertiary/aromatic N) is 2. The van der Waals surface area contributed by atoms with Gasteiger partial charge in [0.15, 0.2) is 5.60 Å². The largest absolute Gasteiger partial charge is 0.417 e. The lowest BCUT2D eigenvalue weighted by atomic mass is 9.91. The molecule has 23 heavy (non-hydrogen) atoms. The number of benzene rings is 1. The van der Waals surface area contributed by atoms with E-state index in [1.54, 1.807) is 0 Å². The Labute approximate surface area is 128 Å². The van der Waals surface area contributed by atoms with Crippen molar-refractivity contribution in [1.82, 2.24) is 4.90 Å². The van der Waals surface area contributed by atoms with Gasteiger partial charge in [-0.25, -0.2) is 4.79 Å². The van der Waals surface area contributed by atoms with Crippen LogP contribution in [0.15, 0.2) is 24.3 Å².